The van der Waals surface area contributed by atoms with E-state index in [9.17, 15) is 4.79 Å². The number of likely N-dealkylation sites (tertiary alicyclic amines) is 1. The van der Waals surface area contributed by atoms with Crippen molar-refractivity contribution in [2.45, 2.75) is 39.7 Å². The van der Waals surface area contributed by atoms with Crippen molar-refractivity contribution in [3.63, 3.8) is 0 Å². The van der Waals surface area contributed by atoms with Crippen LogP contribution in [0.25, 0.3) is 11.3 Å². The molecular weight excluding hydrogens is 388 g/mol. The molecule has 0 unspecified atom stereocenters. The van der Waals surface area contributed by atoms with Crippen LogP contribution in [0, 0.1) is 12.3 Å². The van der Waals surface area contributed by atoms with E-state index >= 15 is 0 Å². The molecule has 6 nitrogen and oxygen atoms in total. The first-order valence-electron chi connectivity index (χ1n) is 11.0. The number of nitrogens with zero attached hydrogens (tertiary/aromatic N) is 3. The Morgan fingerprint density at radius 2 is 2.06 bits per heavy atom. The largest absolute Gasteiger partial charge is 0.361 e. The van der Waals surface area contributed by atoms with Gasteiger partial charge < -0.3 is 9.84 Å². The van der Waals surface area contributed by atoms with E-state index in [1.54, 1.807) is 0 Å². The van der Waals surface area contributed by atoms with Gasteiger partial charge in [-0.05, 0) is 45.4 Å². The van der Waals surface area contributed by atoms with Crippen molar-refractivity contribution in [1.82, 2.24) is 20.4 Å². The first-order valence-corrected chi connectivity index (χ1v) is 11.0. The molecule has 31 heavy (non-hydrogen) atoms. The second-order valence-corrected chi connectivity index (χ2v) is 8.50. The lowest BCUT2D eigenvalue weighted by Gasteiger charge is -2.41. The summed E-state index contributed by atoms with van der Waals surface area (Å²) >= 11 is 0. The Labute approximate surface area is 183 Å². The lowest BCUT2D eigenvalue weighted by Crippen LogP contribution is -2.52. The number of aromatic nitrogens is 2. The predicted octanol–water partition coefficient (Wildman–Crippen LogP) is 4.01. The molecular formula is C25H30N4O2. The van der Waals surface area contributed by atoms with Gasteiger partial charge in [0, 0.05) is 43.9 Å². The summed E-state index contributed by atoms with van der Waals surface area (Å²) in [5, 5.41) is 7.34. The standard InChI is InChI=1S/C25H30N4O2/c1-3-26-24(30)25(12-6-14-29(18-25)17-21-7-4-5-13-27-21)16-22-15-23(28-31-22)20-10-8-19(2)9-11-20/h4-5,7-11,13,15H,3,6,12,14,16-18H2,1-2H3,(H,26,30)/t25-/m1/s1. The summed E-state index contributed by atoms with van der Waals surface area (Å²) in [5.74, 6) is 0.843. The van der Waals surface area contributed by atoms with Gasteiger partial charge in [0.05, 0.1) is 11.1 Å². The van der Waals surface area contributed by atoms with Crippen LogP contribution in [0.4, 0.5) is 0 Å². The first kappa shape index (κ1) is 21.2. The van der Waals surface area contributed by atoms with Crippen molar-refractivity contribution in [2.75, 3.05) is 19.6 Å². The molecule has 1 atom stereocenters. The number of rotatable bonds is 7. The topological polar surface area (TPSA) is 71.3 Å². The molecule has 1 aliphatic rings. The van der Waals surface area contributed by atoms with Crippen molar-refractivity contribution >= 4 is 5.91 Å². The predicted molar refractivity (Wildman–Crippen MR) is 120 cm³/mol. The summed E-state index contributed by atoms with van der Waals surface area (Å²) in [6.45, 7) is 7.02. The Bertz CT molecular complexity index is 1000. The van der Waals surface area contributed by atoms with E-state index in [0.717, 1.165) is 48.6 Å². The number of amides is 1. The SMILES string of the molecule is CCNC(=O)[C@@]1(Cc2cc(-c3ccc(C)cc3)no2)CCCN(Cc2ccccn2)C1. The van der Waals surface area contributed by atoms with Crippen molar-refractivity contribution < 1.29 is 9.32 Å². The number of hydrogen-bond donors (Lipinski definition) is 1. The van der Waals surface area contributed by atoms with Gasteiger partial charge in [0.1, 0.15) is 11.5 Å². The van der Waals surface area contributed by atoms with Gasteiger partial charge in [-0.3, -0.25) is 14.7 Å². The fourth-order valence-electron chi connectivity index (χ4n) is 4.43. The monoisotopic (exact) mass is 418 g/mol. The normalized spacial score (nSPS) is 19.3. The van der Waals surface area contributed by atoms with E-state index in [1.165, 1.54) is 5.56 Å². The van der Waals surface area contributed by atoms with Crippen LogP contribution in [0.5, 0.6) is 0 Å². The maximum atomic E-state index is 13.2. The minimum Gasteiger partial charge on any atom is -0.361 e. The van der Waals surface area contributed by atoms with Gasteiger partial charge in [-0.1, -0.05) is 41.1 Å². The summed E-state index contributed by atoms with van der Waals surface area (Å²) in [5.41, 5.74) is 3.52. The van der Waals surface area contributed by atoms with Gasteiger partial charge in [-0.2, -0.15) is 0 Å². The fraction of sp³-hybridized carbons (Fsp3) is 0.400. The average molecular weight is 419 g/mol. The minimum atomic E-state index is -0.535. The van der Waals surface area contributed by atoms with E-state index in [0.29, 0.717) is 19.5 Å². The molecule has 3 aromatic rings. The van der Waals surface area contributed by atoms with E-state index in [2.05, 4.69) is 39.4 Å². The number of aryl methyl sites for hydroxylation is 1. The molecule has 4 rings (SSSR count). The molecule has 1 aliphatic heterocycles. The maximum absolute atomic E-state index is 13.2. The van der Waals surface area contributed by atoms with E-state index in [1.807, 2.05) is 49.5 Å². The lowest BCUT2D eigenvalue weighted by atomic mass is 9.75. The van der Waals surface area contributed by atoms with Gasteiger partial charge in [0.2, 0.25) is 5.91 Å². The number of pyridine rings is 1. The second kappa shape index (κ2) is 9.43. The van der Waals surface area contributed by atoms with Gasteiger partial charge in [0.15, 0.2) is 0 Å². The van der Waals surface area contributed by atoms with Crippen LogP contribution in [0.3, 0.4) is 0 Å². The fourth-order valence-corrected chi connectivity index (χ4v) is 4.43. The van der Waals surface area contributed by atoms with Crippen molar-refractivity contribution in [2.24, 2.45) is 5.41 Å². The summed E-state index contributed by atoms with van der Waals surface area (Å²) < 4.78 is 5.70. The Morgan fingerprint density at radius 1 is 1.23 bits per heavy atom. The van der Waals surface area contributed by atoms with Crippen molar-refractivity contribution in [3.8, 4) is 11.3 Å². The number of piperidine rings is 1. The quantitative estimate of drug-likeness (QED) is 0.628. The number of carbonyl (C=O) groups excluding carboxylic acids is 1. The highest BCUT2D eigenvalue weighted by atomic mass is 16.5. The Morgan fingerprint density at radius 3 is 2.81 bits per heavy atom. The summed E-state index contributed by atoms with van der Waals surface area (Å²) in [6, 6.07) is 16.2. The van der Waals surface area contributed by atoms with E-state index in [-0.39, 0.29) is 5.91 Å². The molecule has 1 aromatic carbocycles. The molecule has 2 aromatic heterocycles. The van der Waals surface area contributed by atoms with Crippen molar-refractivity contribution in [3.05, 3.63) is 71.7 Å². The highest BCUT2D eigenvalue weighted by molar-refractivity contribution is 5.83. The molecule has 3 heterocycles. The molecule has 0 aliphatic carbocycles. The van der Waals surface area contributed by atoms with Crippen LogP contribution in [0.1, 0.15) is 36.8 Å². The molecule has 1 fully saturated rings. The number of nitrogens with one attached hydrogen (secondary N) is 1. The molecule has 0 saturated carbocycles. The summed E-state index contributed by atoms with van der Waals surface area (Å²) in [6.07, 6.45) is 4.15. The highest BCUT2D eigenvalue weighted by Gasteiger charge is 2.43. The third-order valence-electron chi connectivity index (χ3n) is 6.01. The number of benzene rings is 1. The molecule has 0 spiro atoms. The first-order chi connectivity index (χ1) is 15.1. The van der Waals surface area contributed by atoms with Crippen LogP contribution < -0.4 is 5.32 Å². The van der Waals surface area contributed by atoms with Crippen LogP contribution in [-0.2, 0) is 17.8 Å². The molecule has 0 radical (unpaired) electrons. The molecule has 1 amide bonds. The van der Waals surface area contributed by atoms with Crippen LogP contribution >= 0.6 is 0 Å². The average Bonchev–Trinajstić information content (AvgIpc) is 3.23. The zero-order valence-electron chi connectivity index (χ0n) is 18.3. The van der Waals surface area contributed by atoms with Gasteiger partial charge >= 0.3 is 0 Å². The number of carbonyl (C=O) groups is 1. The second-order valence-electron chi connectivity index (χ2n) is 8.50. The molecule has 1 saturated heterocycles. The van der Waals surface area contributed by atoms with E-state index < -0.39 is 5.41 Å². The smallest absolute Gasteiger partial charge is 0.227 e. The molecule has 1 N–H and O–H groups in total. The lowest BCUT2D eigenvalue weighted by molar-refractivity contribution is -0.134. The maximum Gasteiger partial charge on any atom is 0.227 e. The third-order valence-corrected chi connectivity index (χ3v) is 6.01. The van der Waals surface area contributed by atoms with Gasteiger partial charge in [-0.15, -0.1) is 0 Å². The summed E-state index contributed by atoms with van der Waals surface area (Å²) in [7, 11) is 0. The van der Waals surface area contributed by atoms with E-state index in [4.69, 9.17) is 4.52 Å². The Balaban J connectivity index is 1.55. The molecule has 162 valence electrons. The Hall–Kier alpha value is -2.99. The minimum absolute atomic E-state index is 0.0917. The van der Waals surface area contributed by atoms with Crippen molar-refractivity contribution in [1.29, 1.82) is 0 Å². The molecule has 6 heteroatoms. The van der Waals surface area contributed by atoms with Crippen LogP contribution in [0.2, 0.25) is 0 Å². The third kappa shape index (κ3) is 5.02. The highest BCUT2D eigenvalue weighted by Crippen LogP contribution is 2.35. The molecule has 0 bridgehead atoms. The van der Waals surface area contributed by atoms with Crippen LogP contribution in [0.15, 0.2) is 59.3 Å². The Kier molecular flexibility index (Phi) is 6.47. The van der Waals surface area contributed by atoms with Crippen LogP contribution in [-0.4, -0.2) is 40.6 Å². The summed E-state index contributed by atoms with van der Waals surface area (Å²) in [4.78, 5) is 20.0. The zero-order chi connectivity index (χ0) is 21.7. The van der Waals surface area contributed by atoms with Gasteiger partial charge in [0.25, 0.3) is 0 Å². The number of hydrogen-bond acceptors (Lipinski definition) is 5. The van der Waals surface area contributed by atoms with Gasteiger partial charge in [-0.25, -0.2) is 0 Å². The zero-order valence-corrected chi connectivity index (χ0v) is 18.3.